The number of nitro benzene ring substituents is 1. The summed E-state index contributed by atoms with van der Waals surface area (Å²) in [5, 5.41) is 20.7. The predicted octanol–water partition coefficient (Wildman–Crippen LogP) is 1.88. The molecule has 1 amide bonds. The van der Waals surface area contributed by atoms with Crippen molar-refractivity contribution in [2.45, 2.75) is 39.5 Å². The van der Waals surface area contributed by atoms with Gasteiger partial charge in [-0.05, 0) is 31.5 Å². The van der Waals surface area contributed by atoms with Gasteiger partial charge in [0, 0.05) is 18.1 Å². The zero-order valence-electron chi connectivity index (χ0n) is 17.1. The third-order valence-corrected chi connectivity index (χ3v) is 5.27. The van der Waals surface area contributed by atoms with Crippen LogP contribution in [-0.2, 0) is 30.4 Å². The van der Waals surface area contributed by atoms with Gasteiger partial charge in [-0.1, -0.05) is 6.92 Å². The Bertz CT molecular complexity index is 938. The molecule has 0 aliphatic carbocycles. The highest BCUT2D eigenvalue weighted by atomic mass is 16.7. The minimum Gasteiger partial charge on any atom is -0.456 e. The summed E-state index contributed by atoms with van der Waals surface area (Å²) in [7, 11) is 0. The first-order valence-corrected chi connectivity index (χ1v) is 9.67. The number of carbonyl (C=O) groups excluding carboxylic acids is 3. The summed E-state index contributed by atoms with van der Waals surface area (Å²) in [5.74, 6) is -2.73. The van der Waals surface area contributed by atoms with Gasteiger partial charge in [-0.2, -0.15) is 0 Å². The molecular formula is C20H22N2O9. The molecule has 4 atom stereocenters. The molecule has 2 heterocycles. The van der Waals surface area contributed by atoms with Crippen LogP contribution in [0.15, 0.2) is 35.7 Å². The first-order chi connectivity index (χ1) is 14.7. The predicted molar refractivity (Wildman–Crippen MR) is 103 cm³/mol. The molecule has 1 saturated heterocycles. The number of aliphatic hydroxyl groups excluding tert-OH is 1. The second-order valence-corrected chi connectivity index (χ2v) is 7.25. The molecular weight excluding hydrogens is 412 g/mol. The molecule has 0 saturated carbocycles. The largest absolute Gasteiger partial charge is 0.513 e. The fourth-order valence-corrected chi connectivity index (χ4v) is 3.82. The summed E-state index contributed by atoms with van der Waals surface area (Å²) in [6.07, 6.45) is -1.97. The van der Waals surface area contributed by atoms with Crippen LogP contribution >= 0.6 is 0 Å². The van der Waals surface area contributed by atoms with Gasteiger partial charge < -0.3 is 19.3 Å². The van der Waals surface area contributed by atoms with Gasteiger partial charge in [0.2, 0.25) is 5.91 Å². The number of non-ortho nitro benzene ring substituents is 1. The Balaban J connectivity index is 1.81. The van der Waals surface area contributed by atoms with Crippen molar-refractivity contribution in [3.63, 3.8) is 0 Å². The molecule has 2 aliphatic heterocycles. The monoisotopic (exact) mass is 434 g/mol. The lowest BCUT2D eigenvalue weighted by molar-refractivity contribution is -0.384. The first-order valence-electron chi connectivity index (χ1n) is 9.67. The van der Waals surface area contributed by atoms with Gasteiger partial charge in [0.05, 0.1) is 29.6 Å². The van der Waals surface area contributed by atoms with E-state index < -0.39 is 46.9 Å². The van der Waals surface area contributed by atoms with Gasteiger partial charge in [0.15, 0.2) is 5.70 Å². The van der Waals surface area contributed by atoms with Gasteiger partial charge in [-0.25, -0.2) is 9.59 Å². The number of nitrogens with zero attached hydrogens (tertiary/aromatic N) is 2. The molecule has 0 spiro atoms. The van der Waals surface area contributed by atoms with Gasteiger partial charge in [0.1, 0.15) is 12.4 Å². The molecule has 11 nitrogen and oxygen atoms in total. The molecule has 0 unspecified atom stereocenters. The summed E-state index contributed by atoms with van der Waals surface area (Å²) in [6, 6.07) is 4.87. The number of aliphatic hydroxyl groups is 1. The van der Waals surface area contributed by atoms with Crippen LogP contribution in [0.4, 0.5) is 10.5 Å². The van der Waals surface area contributed by atoms with Gasteiger partial charge >= 0.3 is 12.1 Å². The first kappa shape index (κ1) is 22.2. The average Bonchev–Trinajstić information content (AvgIpc) is 2.95. The number of carbonyl (C=O) groups is 3. The topological polar surface area (TPSA) is 146 Å². The SMILES string of the molecule is CCOC(=O)OC1=C(C(=O)OCc2ccc([N+](=O)[O-])cc2)N2C(=O)[C@H]([C@@H](C)O)[C@H]2[C@H]1C. The van der Waals surface area contributed by atoms with E-state index in [-0.39, 0.29) is 30.4 Å². The van der Waals surface area contributed by atoms with Gasteiger partial charge in [0.25, 0.3) is 5.69 Å². The van der Waals surface area contributed by atoms with Crippen molar-refractivity contribution >= 4 is 23.7 Å². The normalized spacial score (nSPS) is 23.0. The van der Waals surface area contributed by atoms with E-state index in [9.17, 15) is 29.6 Å². The van der Waals surface area contributed by atoms with Crippen LogP contribution in [0.1, 0.15) is 26.3 Å². The number of ether oxygens (including phenoxy) is 3. The van der Waals surface area contributed by atoms with Gasteiger partial charge in [-0.15, -0.1) is 0 Å². The molecule has 1 aromatic carbocycles. The lowest BCUT2D eigenvalue weighted by atomic mass is 9.79. The number of hydrogen-bond donors (Lipinski definition) is 1. The Morgan fingerprint density at radius 1 is 1.26 bits per heavy atom. The molecule has 2 aliphatic rings. The van der Waals surface area contributed by atoms with E-state index in [1.807, 2.05) is 0 Å². The van der Waals surface area contributed by atoms with Crippen molar-refractivity contribution in [1.29, 1.82) is 0 Å². The lowest BCUT2D eigenvalue weighted by Gasteiger charge is -2.46. The van der Waals surface area contributed by atoms with Crippen molar-refractivity contribution in [1.82, 2.24) is 4.90 Å². The third-order valence-electron chi connectivity index (χ3n) is 5.27. The second-order valence-electron chi connectivity index (χ2n) is 7.25. The van der Waals surface area contributed by atoms with E-state index in [2.05, 4.69) is 0 Å². The third kappa shape index (κ3) is 4.08. The summed E-state index contributed by atoms with van der Waals surface area (Å²) in [5.41, 5.74) is 0.173. The Morgan fingerprint density at radius 3 is 2.45 bits per heavy atom. The number of esters is 1. The van der Waals surface area contributed by atoms with Crippen molar-refractivity contribution in [3.05, 3.63) is 51.4 Å². The lowest BCUT2D eigenvalue weighted by Crippen LogP contribution is -2.63. The maximum Gasteiger partial charge on any atom is 0.513 e. The molecule has 3 rings (SSSR count). The Morgan fingerprint density at radius 2 is 1.90 bits per heavy atom. The molecule has 166 valence electrons. The molecule has 1 aromatic rings. The van der Waals surface area contributed by atoms with Crippen LogP contribution in [0.2, 0.25) is 0 Å². The Labute approximate surface area is 177 Å². The minimum absolute atomic E-state index is 0.0583. The summed E-state index contributed by atoms with van der Waals surface area (Å²) in [6.45, 7) is 4.58. The van der Waals surface area contributed by atoms with E-state index >= 15 is 0 Å². The van der Waals surface area contributed by atoms with E-state index in [1.54, 1.807) is 13.8 Å². The van der Waals surface area contributed by atoms with Crippen LogP contribution in [0.3, 0.4) is 0 Å². The zero-order valence-corrected chi connectivity index (χ0v) is 17.1. The number of amides is 1. The number of β-lactam (4-membered cyclic amide) rings is 1. The number of benzene rings is 1. The zero-order chi connectivity index (χ0) is 22.9. The van der Waals surface area contributed by atoms with E-state index in [0.29, 0.717) is 5.56 Å². The van der Waals surface area contributed by atoms with Crippen molar-refractivity contribution in [2.24, 2.45) is 11.8 Å². The molecule has 0 bridgehead atoms. The standard InChI is InChI=1S/C20H22N2O9/c1-4-29-20(26)31-17-10(2)15-14(11(3)23)18(24)21(15)16(17)19(25)30-9-12-5-7-13(8-6-12)22(27)28/h5-8,10-11,14-15,23H,4,9H2,1-3H3/t10-,11-,14-,15-/m1/s1. The minimum atomic E-state index is -1.02. The smallest absolute Gasteiger partial charge is 0.456 e. The van der Waals surface area contributed by atoms with Crippen molar-refractivity contribution < 1.29 is 38.6 Å². The molecule has 1 N–H and O–H groups in total. The fourth-order valence-electron chi connectivity index (χ4n) is 3.82. The Hall–Kier alpha value is -3.47. The van der Waals surface area contributed by atoms with Crippen LogP contribution in [0.25, 0.3) is 0 Å². The van der Waals surface area contributed by atoms with Crippen molar-refractivity contribution in [3.8, 4) is 0 Å². The highest BCUT2D eigenvalue weighted by molar-refractivity contribution is 6.00. The van der Waals surface area contributed by atoms with E-state index in [1.165, 1.54) is 36.1 Å². The van der Waals surface area contributed by atoms with E-state index in [4.69, 9.17) is 14.2 Å². The van der Waals surface area contributed by atoms with Crippen LogP contribution < -0.4 is 0 Å². The number of hydrogen-bond acceptors (Lipinski definition) is 9. The summed E-state index contributed by atoms with van der Waals surface area (Å²) < 4.78 is 15.3. The molecule has 1 fully saturated rings. The molecule has 31 heavy (non-hydrogen) atoms. The highest BCUT2D eigenvalue weighted by Gasteiger charge is 2.61. The van der Waals surface area contributed by atoms with Crippen molar-refractivity contribution in [2.75, 3.05) is 6.61 Å². The maximum absolute atomic E-state index is 12.8. The average molecular weight is 434 g/mol. The summed E-state index contributed by atoms with van der Waals surface area (Å²) in [4.78, 5) is 48.6. The molecule has 11 heteroatoms. The Kier molecular flexibility index (Phi) is 6.25. The van der Waals surface area contributed by atoms with E-state index in [0.717, 1.165) is 0 Å². The molecule has 0 aromatic heterocycles. The second kappa shape index (κ2) is 8.72. The number of rotatable bonds is 7. The maximum atomic E-state index is 12.8. The molecule has 0 radical (unpaired) electrons. The summed E-state index contributed by atoms with van der Waals surface area (Å²) >= 11 is 0. The van der Waals surface area contributed by atoms with Gasteiger partial charge in [-0.3, -0.25) is 19.8 Å². The highest BCUT2D eigenvalue weighted by Crippen LogP contribution is 2.47. The number of fused-ring (bicyclic) bond motifs is 1. The van der Waals surface area contributed by atoms with Crippen LogP contribution in [0, 0.1) is 22.0 Å². The van der Waals surface area contributed by atoms with Crippen LogP contribution in [-0.4, -0.2) is 51.7 Å². The fraction of sp³-hybridized carbons (Fsp3) is 0.450. The van der Waals surface area contributed by atoms with Crippen LogP contribution in [0.5, 0.6) is 0 Å². The quantitative estimate of drug-likeness (QED) is 0.294. The number of nitro groups is 1.